The fourth-order valence-corrected chi connectivity index (χ4v) is 2.00. The molecule has 22 heavy (non-hydrogen) atoms. The molecule has 0 bridgehead atoms. The van der Waals surface area contributed by atoms with Crippen LogP contribution in [0.25, 0.3) is 0 Å². The number of carbonyl (C=O) groups is 1. The van der Waals surface area contributed by atoms with Gasteiger partial charge in [0.05, 0.1) is 0 Å². The largest absolute Gasteiger partial charge is 0.483 e. The lowest BCUT2D eigenvalue weighted by Gasteiger charge is -2.10. The summed E-state index contributed by atoms with van der Waals surface area (Å²) in [5.74, 6) is -0.189. The van der Waals surface area contributed by atoms with Crippen LogP contribution in [-0.2, 0) is 6.61 Å². The SMILES string of the molecule is CC(C)NC(=O)c1cc(=O)c(OCc2ccccc2Cl)c[nH]1. The zero-order chi connectivity index (χ0) is 16.1. The van der Waals surface area contributed by atoms with Gasteiger partial charge in [0.1, 0.15) is 12.3 Å². The molecule has 2 rings (SSSR count). The van der Waals surface area contributed by atoms with E-state index in [1.54, 1.807) is 6.07 Å². The lowest BCUT2D eigenvalue weighted by atomic mass is 10.2. The summed E-state index contributed by atoms with van der Waals surface area (Å²) in [6, 6.07) is 8.45. The Bertz CT molecular complexity index is 725. The first-order valence-electron chi connectivity index (χ1n) is 6.87. The van der Waals surface area contributed by atoms with Crippen molar-refractivity contribution in [1.29, 1.82) is 0 Å². The van der Waals surface area contributed by atoms with E-state index in [1.807, 2.05) is 32.0 Å². The van der Waals surface area contributed by atoms with Crippen molar-refractivity contribution in [3.8, 4) is 5.75 Å². The number of aromatic amines is 1. The van der Waals surface area contributed by atoms with Gasteiger partial charge in [-0.3, -0.25) is 9.59 Å². The summed E-state index contributed by atoms with van der Waals surface area (Å²) in [5.41, 5.74) is 0.619. The third-order valence-corrected chi connectivity index (χ3v) is 3.25. The van der Waals surface area contributed by atoms with E-state index in [-0.39, 0.29) is 35.4 Å². The van der Waals surface area contributed by atoms with Gasteiger partial charge in [0.25, 0.3) is 5.91 Å². The number of H-pyrrole nitrogens is 1. The van der Waals surface area contributed by atoms with Crippen molar-refractivity contribution in [2.24, 2.45) is 0 Å². The summed E-state index contributed by atoms with van der Waals surface area (Å²) in [7, 11) is 0. The third-order valence-electron chi connectivity index (χ3n) is 2.88. The van der Waals surface area contributed by atoms with Crippen LogP contribution in [0.15, 0.2) is 41.3 Å². The van der Waals surface area contributed by atoms with Crippen LogP contribution < -0.4 is 15.5 Å². The van der Waals surface area contributed by atoms with E-state index in [0.29, 0.717) is 5.02 Å². The van der Waals surface area contributed by atoms with Crippen molar-refractivity contribution in [2.75, 3.05) is 0 Å². The molecule has 0 aliphatic rings. The quantitative estimate of drug-likeness (QED) is 0.890. The van der Waals surface area contributed by atoms with Crippen LogP contribution in [0.2, 0.25) is 5.02 Å². The third kappa shape index (κ3) is 4.11. The normalized spacial score (nSPS) is 10.5. The Morgan fingerprint density at radius 3 is 2.73 bits per heavy atom. The number of amides is 1. The van der Waals surface area contributed by atoms with Crippen molar-refractivity contribution in [3.63, 3.8) is 0 Å². The second-order valence-corrected chi connectivity index (χ2v) is 5.49. The second-order valence-electron chi connectivity index (χ2n) is 5.08. The Balaban J connectivity index is 2.09. The summed E-state index contributed by atoms with van der Waals surface area (Å²) in [6.07, 6.45) is 1.38. The van der Waals surface area contributed by atoms with Gasteiger partial charge in [-0.1, -0.05) is 29.8 Å². The molecular weight excluding hydrogens is 304 g/mol. The average molecular weight is 321 g/mol. The predicted molar refractivity (Wildman–Crippen MR) is 85.4 cm³/mol. The highest BCUT2D eigenvalue weighted by Gasteiger charge is 2.11. The first-order valence-corrected chi connectivity index (χ1v) is 7.25. The Kier molecular flexibility index (Phi) is 5.22. The van der Waals surface area contributed by atoms with Crippen molar-refractivity contribution in [2.45, 2.75) is 26.5 Å². The van der Waals surface area contributed by atoms with Crippen molar-refractivity contribution < 1.29 is 9.53 Å². The first kappa shape index (κ1) is 16.1. The number of aromatic nitrogens is 1. The number of hydrogen-bond acceptors (Lipinski definition) is 3. The van der Waals surface area contributed by atoms with Gasteiger partial charge >= 0.3 is 0 Å². The molecule has 116 valence electrons. The molecule has 1 aromatic carbocycles. The maximum absolute atomic E-state index is 12.0. The molecule has 1 heterocycles. The number of ether oxygens (including phenoxy) is 1. The van der Waals surface area contributed by atoms with Gasteiger partial charge in [0.2, 0.25) is 5.43 Å². The molecule has 0 fully saturated rings. The van der Waals surface area contributed by atoms with Crippen molar-refractivity contribution in [1.82, 2.24) is 10.3 Å². The number of hydrogen-bond donors (Lipinski definition) is 2. The molecule has 2 N–H and O–H groups in total. The van der Waals surface area contributed by atoms with E-state index in [2.05, 4.69) is 10.3 Å². The lowest BCUT2D eigenvalue weighted by Crippen LogP contribution is -2.31. The molecule has 0 aliphatic heterocycles. The Hall–Kier alpha value is -2.27. The minimum absolute atomic E-state index is 0.00727. The van der Waals surface area contributed by atoms with Gasteiger partial charge in [-0.15, -0.1) is 0 Å². The fraction of sp³-hybridized carbons (Fsp3) is 0.250. The number of benzene rings is 1. The minimum Gasteiger partial charge on any atom is -0.483 e. The first-order chi connectivity index (χ1) is 10.5. The van der Waals surface area contributed by atoms with E-state index in [0.717, 1.165) is 5.56 Å². The van der Waals surface area contributed by atoms with Crippen molar-refractivity contribution >= 4 is 17.5 Å². The monoisotopic (exact) mass is 320 g/mol. The smallest absolute Gasteiger partial charge is 0.268 e. The van der Waals surface area contributed by atoms with E-state index in [9.17, 15) is 9.59 Å². The molecule has 1 amide bonds. The lowest BCUT2D eigenvalue weighted by molar-refractivity contribution is 0.0938. The number of halogens is 1. The molecule has 0 radical (unpaired) electrons. The molecule has 1 aromatic heterocycles. The van der Waals surface area contributed by atoms with Crippen LogP contribution in [-0.4, -0.2) is 16.9 Å². The maximum atomic E-state index is 12.0. The van der Waals surface area contributed by atoms with Crippen LogP contribution in [0.1, 0.15) is 29.9 Å². The standard InChI is InChI=1S/C16H17ClN2O3/c1-10(2)19-16(21)13-7-14(20)15(8-18-13)22-9-11-5-3-4-6-12(11)17/h3-8,10H,9H2,1-2H3,(H,18,20)(H,19,21). The van der Waals surface area contributed by atoms with Gasteiger partial charge in [-0.25, -0.2) is 0 Å². The van der Waals surface area contributed by atoms with Crippen LogP contribution in [0.5, 0.6) is 5.75 Å². The molecule has 0 saturated carbocycles. The Morgan fingerprint density at radius 1 is 1.36 bits per heavy atom. The van der Waals surface area contributed by atoms with Crippen LogP contribution in [0, 0.1) is 0 Å². The summed E-state index contributed by atoms with van der Waals surface area (Å²) in [6.45, 7) is 3.87. The molecule has 0 aliphatic carbocycles. The highest BCUT2D eigenvalue weighted by Crippen LogP contribution is 2.16. The van der Waals surface area contributed by atoms with Gasteiger partial charge in [0.15, 0.2) is 5.75 Å². The number of pyridine rings is 1. The summed E-state index contributed by atoms with van der Waals surface area (Å²) in [4.78, 5) is 26.5. The highest BCUT2D eigenvalue weighted by atomic mass is 35.5. The number of nitrogens with one attached hydrogen (secondary N) is 2. The van der Waals surface area contributed by atoms with Crippen LogP contribution >= 0.6 is 11.6 Å². The maximum Gasteiger partial charge on any atom is 0.268 e. The molecule has 0 saturated heterocycles. The topological polar surface area (TPSA) is 71.2 Å². The number of rotatable bonds is 5. The average Bonchev–Trinajstić information content (AvgIpc) is 2.46. The number of carbonyl (C=O) groups excluding carboxylic acids is 1. The summed E-state index contributed by atoms with van der Waals surface area (Å²) in [5, 5.41) is 3.28. The van der Waals surface area contributed by atoms with Gasteiger partial charge in [-0.05, 0) is 19.9 Å². The van der Waals surface area contributed by atoms with E-state index >= 15 is 0 Å². The second kappa shape index (κ2) is 7.13. The summed E-state index contributed by atoms with van der Waals surface area (Å²) < 4.78 is 5.46. The predicted octanol–water partition coefficient (Wildman–Crippen LogP) is 2.75. The van der Waals surface area contributed by atoms with Gasteiger partial charge in [0, 0.05) is 28.9 Å². The molecule has 2 aromatic rings. The molecule has 0 atom stereocenters. The van der Waals surface area contributed by atoms with Crippen LogP contribution in [0.3, 0.4) is 0 Å². The van der Waals surface area contributed by atoms with E-state index in [4.69, 9.17) is 16.3 Å². The molecular formula is C16H17ClN2O3. The van der Waals surface area contributed by atoms with Crippen LogP contribution in [0.4, 0.5) is 0 Å². The zero-order valence-corrected chi connectivity index (χ0v) is 13.1. The van der Waals surface area contributed by atoms with Crippen molar-refractivity contribution in [3.05, 3.63) is 63.0 Å². The fourth-order valence-electron chi connectivity index (χ4n) is 1.81. The summed E-state index contributed by atoms with van der Waals surface area (Å²) >= 11 is 6.03. The molecule has 5 nitrogen and oxygen atoms in total. The minimum atomic E-state index is -0.361. The highest BCUT2D eigenvalue weighted by molar-refractivity contribution is 6.31. The Labute approximate surface area is 133 Å². The van der Waals surface area contributed by atoms with Gasteiger partial charge < -0.3 is 15.0 Å². The van der Waals surface area contributed by atoms with E-state index in [1.165, 1.54) is 12.3 Å². The Morgan fingerprint density at radius 2 is 2.09 bits per heavy atom. The van der Waals surface area contributed by atoms with E-state index < -0.39 is 0 Å². The molecule has 6 heteroatoms. The molecule has 0 spiro atoms. The molecule has 0 unspecified atom stereocenters. The van der Waals surface area contributed by atoms with Gasteiger partial charge in [-0.2, -0.15) is 0 Å². The zero-order valence-electron chi connectivity index (χ0n) is 12.4.